The Morgan fingerprint density at radius 1 is 1.04 bits per heavy atom. The van der Waals surface area contributed by atoms with Crippen LogP contribution in [0.15, 0.2) is 54.6 Å². The number of hydrogen-bond donors (Lipinski definition) is 1. The van der Waals surface area contributed by atoms with Gasteiger partial charge in [0.25, 0.3) is 0 Å². The molecule has 0 unspecified atom stereocenters. The van der Waals surface area contributed by atoms with Crippen LogP contribution in [0.2, 0.25) is 5.02 Å². The molecule has 0 radical (unpaired) electrons. The van der Waals surface area contributed by atoms with E-state index in [1.807, 2.05) is 68.4 Å². The quantitative estimate of drug-likeness (QED) is 0.432. The first-order valence-corrected chi connectivity index (χ1v) is 9.70. The van der Waals surface area contributed by atoms with Crippen molar-refractivity contribution in [2.24, 2.45) is 0 Å². The molecule has 2 aromatic carbocycles. The lowest BCUT2D eigenvalue weighted by atomic mass is 10.0. The number of nitrogens with two attached hydrogens (primary N) is 1. The molecule has 5 heteroatoms. The lowest BCUT2D eigenvalue weighted by Gasteiger charge is -2.05. The minimum absolute atomic E-state index is 0.0546. The molecule has 0 aliphatic rings. The summed E-state index contributed by atoms with van der Waals surface area (Å²) in [4.78, 5) is 19.1. The summed E-state index contributed by atoms with van der Waals surface area (Å²) in [5.74, 6) is -0.0546. The van der Waals surface area contributed by atoms with Gasteiger partial charge in [-0.25, -0.2) is 4.98 Å². The zero-order chi connectivity index (χ0) is 19.1. The van der Waals surface area contributed by atoms with Crippen LogP contribution in [0.4, 0.5) is 5.69 Å². The highest BCUT2D eigenvalue weighted by Gasteiger charge is 2.20. The Labute approximate surface area is 166 Å². The number of halogens is 1. The van der Waals surface area contributed by atoms with Gasteiger partial charge >= 0.3 is 0 Å². The number of thiophene rings is 1. The molecule has 4 rings (SSSR count). The van der Waals surface area contributed by atoms with Crippen molar-refractivity contribution in [3.63, 3.8) is 0 Å². The average Bonchev–Trinajstić information content (AvgIpc) is 2.98. The molecular formula is C22H17ClN2OS. The van der Waals surface area contributed by atoms with E-state index in [1.165, 1.54) is 11.3 Å². The van der Waals surface area contributed by atoms with E-state index < -0.39 is 0 Å². The van der Waals surface area contributed by atoms with Gasteiger partial charge in [0.15, 0.2) is 0 Å². The van der Waals surface area contributed by atoms with E-state index in [0.29, 0.717) is 21.2 Å². The molecule has 0 atom stereocenters. The zero-order valence-corrected chi connectivity index (χ0v) is 16.5. The van der Waals surface area contributed by atoms with Gasteiger partial charge in [-0.05, 0) is 43.7 Å². The Balaban J connectivity index is 1.79. The van der Waals surface area contributed by atoms with Crippen molar-refractivity contribution < 1.29 is 4.79 Å². The Bertz CT molecular complexity index is 1180. The van der Waals surface area contributed by atoms with Crippen LogP contribution in [0.25, 0.3) is 21.5 Å². The standard InChI is InChI=1S/C22H17ClN2OS/c1-12-3-8-16(13(2)11-12)20(26)21-19(24)17-9-10-18(25-22(17)27-21)14-4-6-15(23)7-5-14/h3-11H,24H2,1-2H3. The predicted molar refractivity (Wildman–Crippen MR) is 114 cm³/mol. The highest BCUT2D eigenvalue weighted by Crippen LogP contribution is 2.36. The van der Waals surface area contributed by atoms with Gasteiger partial charge in [0, 0.05) is 21.5 Å². The molecule has 0 bridgehead atoms. The first-order chi connectivity index (χ1) is 12.9. The van der Waals surface area contributed by atoms with Crippen LogP contribution in [0, 0.1) is 13.8 Å². The van der Waals surface area contributed by atoms with Gasteiger partial charge in [0.2, 0.25) is 5.78 Å². The summed E-state index contributed by atoms with van der Waals surface area (Å²) in [6.45, 7) is 3.96. The van der Waals surface area contributed by atoms with E-state index in [4.69, 9.17) is 22.3 Å². The minimum atomic E-state index is -0.0546. The maximum absolute atomic E-state index is 13.0. The lowest BCUT2D eigenvalue weighted by Crippen LogP contribution is -2.04. The van der Waals surface area contributed by atoms with E-state index in [-0.39, 0.29) is 5.78 Å². The van der Waals surface area contributed by atoms with E-state index >= 15 is 0 Å². The number of rotatable bonds is 3. The van der Waals surface area contributed by atoms with Crippen molar-refractivity contribution >= 4 is 44.6 Å². The topological polar surface area (TPSA) is 56.0 Å². The van der Waals surface area contributed by atoms with Crippen LogP contribution in [0.5, 0.6) is 0 Å². The number of carbonyl (C=O) groups excluding carboxylic acids is 1. The van der Waals surface area contributed by atoms with Gasteiger partial charge in [0.05, 0.1) is 11.4 Å². The van der Waals surface area contributed by atoms with Crippen LogP contribution in [-0.2, 0) is 0 Å². The monoisotopic (exact) mass is 392 g/mol. The number of ketones is 1. The van der Waals surface area contributed by atoms with Crippen LogP contribution >= 0.6 is 22.9 Å². The van der Waals surface area contributed by atoms with Crippen molar-refractivity contribution in [2.75, 3.05) is 5.73 Å². The molecule has 0 aliphatic heterocycles. The first kappa shape index (κ1) is 17.7. The largest absolute Gasteiger partial charge is 0.397 e. The molecule has 0 saturated carbocycles. The lowest BCUT2D eigenvalue weighted by molar-refractivity contribution is 0.104. The van der Waals surface area contributed by atoms with E-state index in [2.05, 4.69) is 0 Å². The number of aromatic nitrogens is 1. The van der Waals surface area contributed by atoms with Gasteiger partial charge in [0.1, 0.15) is 9.71 Å². The molecule has 2 N–H and O–H groups in total. The van der Waals surface area contributed by atoms with Crippen LogP contribution < -0.4 is 5.73 Å². The SMILES string of the molecule is Cc1ccc(C(=O)c2sc3nc(-c4ccc(Cl)cc4)ccc3c2N)c(C)c1. The predicted octanol–water partition coefficient (Wildman–Crippen LogP) is 6.05. The van der Waals surface area contributed by atoms with E-state index in [0.717, 1.165) is 32.6 Å². The molecule has 2 aromatic heterocycles. The summed E-state index contributed by atoms with van der Waals surface area (Å²) < 4.78 is 0. The Morgan fingerprint density at radius 2 is 1.78 bits per heavy atom. The fourth-order valence-corrected chi connectivity index (χ4v) is 4.31. The van der Waals surface area contributed by atoms with Crippen LogP contribution in [-0.4, -0.2) is 10.8 Å². The van der Waals surface area contributed by atoms with Gasteiger partial charge in [-0.3, -0.25) is 4.79 Å². The second kappa shape index (κ2) is 6.80. The van der Waals surface area contributed by atoms with Gasteiger partial charge in [-0.2, -0.15) is 0 Å². The second-order valence-electron chi connectivity index (χ2n) is 6.55. The smallest absolute Gasteiger partial charge is 0.205 e. The minimum Gasteiger partial charge on any atom is -0.397 e. The Hall–Kier alpha value is -2.69. The van der Waals surface area contributed by atoms with Crippen LogP contribution in [0.3, 0.4) is 0 Å². The molecule has 4 aromatic rings. The normalized spacial score (nSPS) is 11.1. The zero-order valence-electron chi connectivity index (χ0n) is 14.9. The van der Waals surface area contributed by atoms with Gasteiger partial charge in [-0.15, -0.1) is 11.3 Å². The second-order valence-corrected chi connectivity index (χ2v) is 7.98. The van der Waals surface area contributed by atoms with Crippen molar-refractivity contribution in [2.45, 2.75) is 13.8 Å². The van der Waals surface area contributed by atoms with Crippen molar-refractivity contribution in [1.82, 2.24) is 4.98 Å². The summed E-state index contributed by atoms with van der Waals surface area (Å²) in [6, 6.07) is 17.2. The number of carbonyl (C=O) groups is 1. The maximum Gasteiger partial charge on any atom is 0.205 e. The molecule has 2 heterocycles. The Kier molecular flexibility index (Phi) is 4.46. The summed E-state index contributed by atoms with van der Waals surface area (Å²) in [5, 5.41) is 1.49. The number of aryl methyl sites for hydroxylation is 2. The summed E-state index contributed by atoms with van der Waals surface area (Å²) in [5.41, 5.74) is 11.3. The number of nitrogens with zero attached hydrogens (tertiary/aromatic N) is 1. The van der Waals surface area contributed by atoms with E-state index in [9.17, 15) is 4.79 Å². The third-order valence-corrected chi connectivity index (χ3v) is 5.93. The molecule has 0 fully saturated rings. The Morgan fingerprint density at radius 3 is 2.48 bits per heavy atom. The number of nitrogen functional groups attached to an aromatic ring is 1. The van der Waals surface area contributed by atoms with Gasteiger partial charge in [-0.1, -0.05) is 47.5 Å². The van der Waals surface area contributed by atoms with Gasteiger partial charge < -0.3 is 5.73 Å². The average molecular weight is 393 g/mol. The highest BCUT2D eigenvalue weighted by atomic mass is 35.5. The highest BCUT2D eigenvalue weighted by molar-refractivity contribution is 7.21. The molecule has 0 spiro atoms. The fourth-order valence-electron chi connectivity index (χ4n) is 3.14. The summed E-state index contributed by atoms with van der Waals surface area (Å²) in [6.07, 6.45) is 0. The number of anilines is 1. The number of fused-ring (bicyclic) bond motifs is 1. The maximum atomic E-state index is 13.0. The first-order valence-electron chi connectivity index (χ1n) is 8.51. The fraction of sp³-hybridized carbons (Fsp3) is 0.0909. The molecule has 0 saturated heterocycles. The van der Waals surface area contributed by atoms with E-state index in [1.54, 1.807) is 0 Å². The van der Waals surface area contributed by atoms with Crippen molar-refractivity contribution in [1.29, 1.82) is 0 Å². The molecule has 134 valence electrons. The molecule has 27 heavy (non-hydrogen) atoms. The summed E-state index contributed by atoms with van der Waals surface area (Å²) >= 11 is 7.30. The van der Waals surface area contributed by atoms with Crippen molar-refractivity contribution in [3.05, 3.63) is 81.2 Å². The third-order valence-electron chi connectivity index (χ3n) is 4.57. The molecule has 0 amide bonds. The summed E-state index contributed by atoms with van der Waals surface area (Å²) in [7, 11) is 0. The molecular weight excluding hydrogens is 376 g/mol. The molecule has 0 aliphatic carbocycles. The number of hydrogen-bond acceptors (Lipinski definition) is 4. The third kappa shape index (κ3) is 3.22. The molecule has 3 nitrogen and oxygen atoms in total. The number of benzene rings is 2. The van der Waals surface area contributed by atoms with Crippen LogP contribution in [0.1, 0.15) is 26.4 Å². The number of pyridine rings is 1. The van der Waals surface area contributed by atoms with Crippen molar-refractivity contribution in [3.8, 4) is 11.3 Å².